The van der Waals surface area contributed by atoms with Crippen molar-refractivity contribution >= 4 is 10.1 Å². The highest BCUT2D eigenvalue weighted by Crippen LogP contribution is 2.12. The summed E-state index contributed by atoms with van der Waals surface area (Å²) >= 11 is 0. The number of hydrogen-bond acceptors (Lipinski definition) is 4. The first-order valence-corrected chi connectivity index (χ1v) is 6.19. The minimum atomic E-state index is -3.69. The Morgan fingerprint density at radius 1 is 1.25 bits per heavy atom. The molecule has 88 valence electrons. The second-order valence-electron chi connectivity index (χ2n) is 3.21. The van der Waals surface area contributed by atoms with Crippen LogP contribution < -0.4 is 0 Å². The highest BCUT2D eigenvalue weighted by Gasteiger charge is 2.13. The van der Waals surface area contributed by atoms with E-state index in [1.807, 2.05) is 6.92 Å². The van der Waals surface area contributed by atoms with Gasteiger partial charge in [0.25, 0.3) is 10.1 Å². The third-order valence-corrected chi connectivity index (χ3v) is 3.20. The SMILES string of the molecule is Cc1ccc(S(=O)(=O)OC/C=C\CO)cc1. The van der Waals surface area contributed by atoms with Crippen molar-refractivity contribution in [1.29, 1.82) is 0 Å². The standard InChI is InChI=1S/C11H14O4S/c1-10-4-6-11(7-5-10)16(13,14)15-9-3-2-8-12/h2-7,12H,8-9H2,1H3/b3-2-. The molecule has 0 spiro atoms. The summed E-state index contributed by atoms with van der Waals surface area (Å²) in [5.41, 5.74) is 0.985. The van der Waals surface area contributed by atoms with E-state index in [1.54, 1.807) is 12.1 Å². The summed E-state index contributed by atoms with van der Waals surface area (Å²) in [6, 6.07) is 6.42. The second-order valence-corrected chi connectivity index (χ2v) is 4.82. The number of hydrogen-bond donors (Lipinski definition) is 1. The first-order valence-electron chi connectivity index (χ1n) is 4.78. The van der Waals surface area contributed by atoms with Gasteiger partial charge in [-0.3, -0.25) is 4.18 Å². The monoisotopic (exact) mass is 242 g/mol. The lowest BCUT2D eigenvalue weighted by Crippen LogP contribution is -2.06. The van der Waals surface area contributed by atoms with Crippen molar-refractivity contribution in [3.63, 3.8) is 0 Å². The molecule has 0 heterocycles. The lowest BCUT2D eigenvalue weighted by molar-refractivity contribution is 0.335. The van der Waals surface area contributed by atoms with Crippen LogP contribution in [0.3, 0.4) is 0 Å². The summed E-state index contributed by atoms with van der Waals surface area (Å²) in [7, 11) is -3.69. The first kappa shape index (κ1) is 12.9. The van der Waals surface area contributed by atoms with Crippen LogP contribution in [-0.4, -0.2) is 26.7 Å². The third kappa shape index (κ3) is 3.77. The third-order valence-electron chi connectivity index (χ3n) is 1.90. The Balaban J connectivity index is 2.71. The van der Waals surface area contributed by atoms with Crippen LogP contribution in [0.4, 0.5) is 0 Å². The summed E-state index contributed by atoms with van der Waals surface area (Å²) in [4.78, 5) is 0.135. The van der Waals surface area contributed by atoms with Crippen molar-refractivity contribution < 1.29 is 17.7 Å². The molecule has 0 amide bonds. The molecule has 0 aliphatic heterocycles. The van der Waals surface area contributed by atoms with E-state index in [2.05, 4.69) is 0 Å². The normalized spacial score (nSPS) is 12.1. The van der Waals surface area contributed by atoms with E-state index >= 15 is 0 Å². The van der Waals surface area contributed by atoms with E-state index in [0.717, 1.165) is 5.56 Å². The lowest BCUT2D eigenvalue weighted by atomic mass is 10.2. The van der Waals surface area contributed by atoms with Crippen LogP contribution in [0.25, 0.3) is 0 Å². The fourth-order valence-electron chi connectivity index (χ4n) is 1.04. The van der Waals surface area contributed by atoms with Gasteiger partial charge < -0.3 is 5.11 Å². The van der Waals surface area contributed by atoms with Crippen molar-refractivity contribution in [2.45, 2.75) is 11.8 Å². The Bertz CT molecular complexity index is 445. The summed E-state index contributed by atoms with van der Waals surface area (Å²) in [5.74, 6) is 0. The number of aliphatic hydroxyl groups is 1. The van der Waals surface area contributed by atoms with Gasteiger partial charge in [0.1, 0.15) is 0 Å². The van der Waals surface area contributed by atoms with Gasteiger partial charge in [-0.05, 0) is 19.1 Å². The first-order chi connectivity index (χ1) is 7.56. The van der Waals surface area contributed by atoms with Crippen molar-refractivity contribution in [1.82, 2.24) is 0 Å². The summed E-state index contributed by atoms with van der Waals surface area (Å²) in [6.07, 6.45) is 2.87. The van der Waals surface area contributed by atoms with E-state index in [9.17, 15) is 8.42 Å². The zero-order valence-corrected chi connectivity index (χ0v) is 9.78. The zero-order valence-electron chi connectivity index (χ0n) is 8.96. The molecular formula is C11H14O4S. The van der Waals surface area contributed by atoms with Crippen LogP contribution >= 0.6 is 0 Å². The van der Waals surface area contributed by atoms with E-state index in [-0.39, 0.29) is 18.1 Å². The molecule has 0 bridgehead atoms. The number of aliphatic hydroxyl groups excluding tert-OH is 1. The Morgan fingerprint density at radius 2 is 1.88 bits per heavy atom. The van der Waals surface area contributed by atoms with Crippen molar-refractivity contribution in [3.8, 4) is 0 Å². The fraction of sp³-hybridized carbons (Fsp3) is 0.273. The Kier molecular flexibility index (Phi) is 4.67. The van der Waals surface area contributed by atoms with Crippen molar-refractivity contribution in [2.24, 2.45) is 0 Å². The molecule has 0 saturated heterocycles. The Morgan fingerprint density at radius 3 is 2.44 bits per heavy atom. The average Bonchev–Trinajstić information content (AvgIpc) is 2.25. The molecule has 16 heavy (non-hydrogen) atoms. The van der Waals surface area contributed by atoms with E-state index in [1.165, 1.54) is 24.3 Å². The van der Waals surface area contributed by atoms with Crippen LogP contribution in [0.5, 0.6) is 0 Å². The van der Waals surface area contributed by atoms with Crippen LogP contribution in [-0.2, 0) is 14.3 Å². The molecular weight excluding hydrogens is 228 g/mol. The molecule has 0 fully saturated rings. The van der Waals surface area contributed by atoms with E-state index < -0.39 is 10.1 Å². The maximum Gasteiger partial charge on any atom is 0.297 e. The van der Waals surface area contributed by atoms with Gasteiger partial charge in [-0.1, -0.05) is 29.8 Å². The molecule has 1 rings (SSSR count). The van der Waals surface area contributed by atoms with Gasteiger partial charge in [0.2, 0.25) is 0 Å². The van der Waals surface area contributed by atoms with Crippen LogP contribution in [0.15, 0.2) is 41.3 Å². The molecule has 0 atom stereocenters. The highest BCUT2D eigenvalue weighted by atomic mass is 32.2. The van der Waals surface area contributed by atoms with Crippen LogP contribution in [0, 0.1) is 6.92 Å². The quantitative estimate of drug-likeness (QED) is 0.623. The summed E-state index contributed by atoms with van der Waals surface area (Å²) < 4.78 is 27.9. The minimum absolute atomic E-state index is 0.0726. The fourth-order valence-corrected chi connectivity index (χ4v) is 1.91. The van der Waals surface area contributed by atoms with Crippen molar-refractivity contribution in [3.05, 3.63) is 42.0 Å². The molecule has 0 aromatic heterocycles. The highest BCUT2D eigenvalue weighted by molar-refractivity contribution is 7.86. The number of rotatable bonds is 5. The largest absolute Gasteiger partial charge is 0.392 e. The molecule has 0 aliphatic rings. The smallest absolute Gasteiger partial charge is 0.297 e. The van der Waals surface area contributed by atoms with E-state index in [0.29, 0.717) is 0 Å². The van der Waals surface area contributed by atoms with Crippen LogP contribution in [0.2, 0.25) is 0 Å². The molecule has 5 heteroatoms. The average molecular weight is 242 g/mol. The molecule has 1 aromatic rings. The molecule has 0 aliphatic carbocycles. The molecule has 0 radical (unpaired) electrons. The predicted octanol–water partition coefficient (Wildman–Crippen LogP) is 1.25. The molecule has 1 aromatic carbocycles. The van der Waals surface area contributed by atoms with Gasteiger partial charge in [-0.2, -0.15) is 8.42 Å². The van der Waals surface area contributed by atoms with Gasteiger partial charge in [0, 0.05) is 0 Å². The summed E-state index contributed by atoms with van der Waals surface area (Å²) in [5, 5.41) is 8.45. The molecule has 0 saturated carbocycles. The number of benzene rings is 1. The number of aryl methyl sites for hydroxylation is 1. The predicted molar refractivity (Wildman–Crippen MR) is 60.5 cm³/mol. The zero-order chi connectivity index (χ0) is 12.0. The molecule has 1 N–H and O–H groups in total. The van der Waals surface area contributed by atoms with Gasteiger partial charge in [0.15, 0.2) is 0 Å². The maximum atomic E-state index is 11.6. The Labute approximate surface area is 95.3 Å². The van der Waals surface area contributed by atoms with E-state index in [4.69, 9.17) is 9.29 Å². The van der Waals surface area contributed by atoms with Crippen molar-refractivity contribution in [2.75, 3.05) is 13.2 Å². The van der Waals surface area contributed by atoms with Gasteiger partial charge in [-0.25, -0.2) is 0 Å². The Hall–Kier alpha value is -1.17. The van der Waals surface area contributed by atoms with Gasteiger partial charge >= 0.3 is 0 Å². The lowest BCUT2D eigenvalue weighted by Gasteiger charge is -2.03. The van der Waals surface area contributed by atoms with Gasteiger partial charge in [-0.15, -0.1) is 0 Å². The molecule has 0 unspecified atom stereocenters. The topological polar surface area (TPSA) is 63.6 Å². The summed E-state index contributed by atoms with van der Waals surface area (Å²) in [6.45, 7) is 1.67. The van der Waals surface area contributed by atoms with Gasteiger partial charge in [0.05, 0.1) is 18.1 Å². The molecule has 4 nitrogen and oxygen atoms in total. The second kappa shape index (κ2) is 5.79. The van der Waals surface area contributed by atoms with Crippen LogP contribution in [0.1, 0.15) is 5.56 Å². The minimum Gasteiger partial charge on any atom is -0.392 e. The maximum absolute atomic E-state index is 11.6.